The van der Waals surface area contributed by atoms with E-state index in [1.54, 1.807) is 6.07 Å². The number of hydrogen-bond acceptors (Lipinski definition) is 4. The lowest BCUT2D eigenvalue weighted by atomic mass is 10.1. The predicted octanol–water partition coefficient (Wildman–Crippen LogP) is 2.83. The highest BCUT2D eigenvalue weighted by Gasteiger charge is 2.18. The summed E-state index contributed by atoms with van der Waals surface area (Å²) in [6.07, 6.45) is 0. The number of hydrogen-bond donors (Lipinski definition) is 0. The first kappa shape index (κ1) is 13.2. The van der Waals surface area contributed by atoms with Gasteiger partial charge in [-0.3, -0.25) is 14.9 Å². The second-order valence-corrected chi connectivity index (χ2v) is 4.20. The number of carbonyl (C=O) groups excluding carboxylic acids is 1. The van der Waals surface area contributed by atoms with Crippen LogP contribution < -0.4 is 4.74 Å². The summed E-state index contributed by atoms with van der Waals surface area (Å²) < 4.78 is 5.38. The molecule has 0 fully saturated rings. The maximum absolute atomic E-state index is 11.2. The molecule has 1 aromatic rings. The summed E-state index contributed by atoms with van der Waals surface area (Å²) in [7, 11) is 0. The molecule has 0 bridgehead atoms. The van der Waals surface area contributed by atoms with Gasteiger partial charge in [0.15, 0.2) is 5.78 Å². The molecule has 0 amide bonds. The largest absolute Gasteiger partial charge is 0.493 e. The zero-order valence-electron chi connectivity index (χ0n) is 10.1. The number of ether oxygens (including phenoxy) is 1. The molecule has 0 N–H and O–H groups in total. The van der Waals surface area contributed by atoms with E-state index in [1.165, 1.54) is 19.1 Å². The molecular formula is C12H15NO4. The van der Waals surface area contributed by atoms with Gasteiger partial charge in [0.05, 0.1) is 23.2 Å². The van der Waals surface area contributed by atoms with Crippen molar-refractivity contribution in [3.8, 4) is 5.75 Å². The molecule has 92 valence electrons. The molecule has 0 aliphatic heterocycles. The number of benzene rings is 1. The molecule has 0 aliphatic carbocycles. The van der Waals surface area contributed by atoms with Crippen LogP contribution >= 0.6 is 0 Å². The van der Waals surface area contributed by atoms with Crippen molar-refractivity contribution in [2.45, 2.75) is 20.8 Å². The molecule has 5 nitrogen and oxygen atoms in total. The number of nitrogens with zero attached hydrogens (tertiary/aromatic N) is 1. The summed E-state index contributed by atoms with van der Waals surface area (Å²) in [4.78, 5) is 21.4. The maximum atomic E-state index is 11.2. The van der Waals surface area contributed by atoms with Crippen LogP contribution in [0.4, 0.5) is 5.69 Å². The fourth-order valence-corrected chi connectivity index (χ4v) is 1.31. The van der Waals surface area contributed by atoms with Gasteiger partial charge >= 0.3 is 0 Å². The van der Waals surface area contributed by atoms with E-state index in [-0.39, 0.29) is 17.0 Å². The second kappa shape index (κ2) is 5.43. The number of rotatable bonds is 5. The Morgan fingerprint density at radius 1 is 1.47 bits per heavy atom. The Kier molecular flexibility index (Phi) is 4.20. The van der Waals surface area contributed by atoms with Gasteiger partial charge in [0.2, 0.25) is 0 Å². The minimum atomic E-state index is -0.570. The first-order chi connectivity index (χ1) is 7.91. The summed E-state index contributed by atoms with van der Waals surface area (Å²) in [6, 6.07) is 4.29. The Morgan fingerprint density at radius 3 is 2.59 bits per heavy atom. The SMILES string of the molecule is CC(=O)c1ccc(OCC(C)C)cc1[N+](=O)[O-]. The van der Waals surface area contributed by atoms with E-state index < -0.39 is 4.92 Å². The van der Waals surface area contributed by atoms with Gasteiger partial charge in [0, 0.05) is 0 Å². The molecule has 0 saturated heterocycles. The second-order valence-electron chi connectivity index (χ2n) is 4.20. The summed E-state index contributed by atoms with van der Waals surface area (Å²) in [5.41, 5.74) is -0.106. The zero-order chi connectivity index (χ0) is 13.0. The zero-order valence-corrected chi connectivity index (χ0v) is 10.1. The van der Waals surface area contributed by atoms with E-state index in [0.29, 0.717) is 18.3 Å². The van der Waals surface area contributed by atoms with Crippen LogP contribution in [0.15, 0.2) is 18.2 Å². The van der Waals surface area contributed by atoms with Gasteiger partial charge in [0.25, 0.3) is 5.69 Å². The molecule has 0 radical (unpaired) electrons. The van der Waals surface area contributed by atoms with Crippen molar-refractivity contribution in [1.82, 2.24) is 0 Å². The Bertz CT molecular complexity index is 440. The minimum absolute atomic E-state index is 0.104. The Hall–Kier alpha value is -1.91. The quantitative estimate of drug-likeness (QED) is 0.448. The molecule has 5 heteroatoms. The summed E-state index contributed by atoms with van der Waals surface area (Å²) in [6.45, 7) is 5.75. The monoisotopic (exact) mass is 237 g/mol. The molecule has 0 saturated carbocycles. The highest BCUT2D eigenvalue weighted by atomic mass is 16.6. The van der Waals surface area contributed by atoms with Crippen LogP contribution in [0.2, 0.25) is 0 Å². The summed E-state index contributed by atoms with van der Waals surface area (Å²) >= 11 is 0. The van der Waals surface area contributed by atoms with Crippen LogP contribution in [0.3, 0.4) is 0 Å². The molecule has 1 aromatic carbocycles. The van der Waals surface area contributed by atoms with E-state index in [0.717, 1.165) is 0 Å². The van der Waals surface area contributed by atoms with Gasteiger partial charge in [-0.25, -0.2) is 0 Å². The first-order valence-corrected chi connectivity index (χ1v) is 5.34. The average molecular weight is 237 g/mol. The maximum Gasteiger partial charge on any atom is 0.283 e. The average Bonchev–Trinajstić information content (AvgIpc) is 2.25. The van der Waals surface area contributed by atoms with Crippen LogP contribution in [0.25, 0.3) is 0 Å². The Balaban J connectivity index is 3.02. The van der Waals surface area contributed by atoms with Gasteiger partial charge in [-0.05, 0) is 25.0 Å². The number of carbonyl (C=O) groups is 1. The molecule has 0 spiro atoms. The van der Waals surface area contributed by atoms with Crippen molar-refractivity contribution in [1.29, 1.82) is 0 Å². The third-order valence-electron chi connectivity index (χ3n) is 2.13. The topological polar surface area (TPSA) is 69.4 Å². The third-order valence-corrected chi connectivity index (χ3v) is 2.13. The highest BCUT2D eigenvalue weighted by Crippen LogP contribution is 2.25. The molecule has 1 rings (SSSR count). The molecular weight excluding hydrogens is 222 g/mol. The third kappa shape index (κ3) is 3.55. The van der Waals surface area contributed by atoms with E-state index in [1.807, 2.05) is 13.8 Å². The molecule has 0 aromatic heterocycles. The van der Waals surface area contributed by atoms with Crippen molar-refractivity contribution < 1.29 is 14.5 Å². The summed E-state index contributed by atoms with van der Waals surface area (Å²) in [5, 5.41) is 10.8. The van der Waals surface area contributed by atoms with E-state index in [9.17, 15) is 14.9 Å². The van der Waals surface area contributed by atoms with E-state index in [2.05, 4.69) is 0 Å². The fraction of sp³-hybridized carbons (Fsp3) is 0.417. The van der Waals surface area contributed by atoms with Crippen LogP contribution in [0.1, 0.15) is 31.1 Å². The standard InChI is InChI=1S/C12H15NO4/c1-8(2)7-17-10-4-5-11(9(3)14)12(6-10)13(15)16/h4-6,8H,7H2,1-3H3. The van der Waals surface area contributed by atoms with Crippen LogP contribution in [0.5, 0.6) is 5.75 Å². The lowest BCUT2D eigenvalue weighted by Gasteiger charge is -2.09. The van der Waals surface area contributed by atoms with Crippen LogP contribution in [-0.2, 0) is 0 Å². The van der Waals surface area contributed by atoms with Crippen molar-refractivity contribution in [3.63, 3.8) is 0 Å². The molecule has 17 heavy (non-hydrogen) atoms. The number of ketones is 1. The smallest absolute Gasteiger partial charge is 0.283 e. The van der Waals surface area contributed by atoms with Gasteiger partial charge in [-0.2, -0.15) is 0 Å². The van der Waals surface area contributed by atoms with Crippen LogP contribution in [-0.4, -0.2) is 17.3 Å². The highest BCUT2D eigenvalue weighted by molar-refractivity contribution is 5.98. The lowest BCUT2D eigenvalue weighted by molar-refractivity contribution is -0.385. The van der Waals surface area contributed by atoms with Gasteiger partial charge in [-0.1, -0.05) is 13.8 Å². The van der Waals surface area contributed by atoms with Crippen molar-refractivity contribution in [3.05, 3.63) is 33.9 Å². The van der Waals surface area contributed by atoms with Crippen molar-refractivity contribution in [2.75, 3.05) is 6.61 Å². The number of Topliss-reactive ketones (excluding diaryl/α,β-unsaturated/α-hetero) is 1. The molecule has 0 atom stereocenters. The Morgan fingerprint density at radius 2 is 2.12 bits per heavy atom. The van der Waals surface area contributed by atoms with Crippen molar-refractivity contribution in [2.24, 2.45) is 5.92 Å². The number of nitro benzene ring substituents is 1. The van der Waals surface area contributed by atoms with Gasteiger partial charge in [0.1, 0.15) is 5.75 Å². The van der Waals surface area contributed by atoms with Gasteiger partial charge < -0.3 is 4.74 Å². The number of nitro groups is 1. The normalized spacial score (nSPS) is 10.4. The lowest BCUT2D eigenvalue weighted by Crippen LogP contribution is -2.06. The molecule has 0 aliphatic rings. The minimum Gasteiger partial charge on any atom is -0.493 e. The molecule has 0 heterocycles. The van der Waals surface area contributed by atoms with Crippen LogP contribution in [0, 0.1) is 16.0 Å². The van der Waals surface area contributed by atoms with Crippen molar-refractivity contribution >= 4 is 11.5 Å². The first-order valence-electron chi connectivity index (χ1n) is 5.34. The summed E-state index contributed by atoms with van der Waals surface area (Å²) in [5.74, 6) is 0.420. The van der Waals surface area contributed by atoms with E-state index in [4.69, 9.17) is 4.74 Å². The Labute approximate surface area is 99.5 Å². The predicted molar refractivity (Wildman–Crippen MR) is 63.4 cm³/mol. The molecule has 0 unspecified atom stereocenters. The fourth-order valence-electron chi connectivity index (χ4n) is 1.31. The van der Waals surface area contributed by atoms with Gasteiger partial charge in [-0.15, -0.1) is 0 Å². The van der Waals surface area contributed by atoms with E-state index >= 15 is 0 Å².